The summed E-state index contributed by atoms with van der Waals surface area (Å²) >= 11 is 0. The van der Waals surface area contributed by atoms with Crippen molar-refractivity contribution in [3.05, 3.63) is 65.2 Å². The average Bonchev–Trinajstić information content (AvgIpc) is 2.64. The van der Waals surface area contributed by atoms with E-state index in [2.05, 4.69) is 10.6 Å². The van der Waals surface area contributed by atoms with Crippen molar-refractivity contribution >= 4 is 17.7 Å². The molecule has 0 saturated heterocycles. The Balaban J connectivity index is 2.18. The second kappa shape index (κ2) is 7.18. The van der Waals surface area contributed by atoms with E-state index in [1.54, 1.807) is 31.2 Å². The molecule has 2 amide bonds. The largest absolute Gasteiger partial charge is 0.504 e. The Morgan fingerprint density at radius 3 is 2.50 bits per heavy atom. The number of ether oxygens (including phenoxy) is 1. The zero-order chi connectivity index (χ0) is 18.7. The molecule has 1 heterocycles. The van der Waals surface area contributed by atoms with Gasteiger partial charge in [0, 0.05) is 0 Å². The molecule has 1 aliphatic rings. The summed E-state index contributed by atoms with van der Waals surface area (Å²) in [5, 5.41) is 24.7. The Kier molecular flexibility index (Phi) is 4.79. The lowest BCUT2D eigenvalue weighted by Gasteiger charge is -2.29. The fourth-order valence-electron chi connectivity index (χ4n) is 2.80. The number of amides is 2. The molecule has 4 N–H and O–H groups in total. The van der Waals surface area contributed by atoms with Gasteiger partial charge in [-0.2, -0.15) is 0 Å². The summed E-state index contributed by atoms with van der Waals surface area (Å²) in [4.78, 5) is 24.8. The number of phenols is 2. The highest BCUT2D eigenvalue weighted by Gasteiger charge is 2.34. The fraction of sp³-hybridized carbons (Fsp3) is 0.158. The number of carbonyl (C=O) groups is 2. The molecule has 7 nitrogen and oxygen atoms in total. The van der Waals surface area contributed by atoms with Crippen LogP contribution in [0.3, 0.4) is 0 Å². The van der Waals surface area contributed by atoms with E-state index in [-0.39, 0.29) is 23.7 Å². The van der Waals surface area contributed by atoms with Crippen LogP contribution >= 0.6 is 0 Å². The van der Waals surface area contributed by atoms with E-state index in [4.69, 9.17) is 4.74 Å². The minimum atomic E-state index is -0.843. The lowest BCUT2D eigenvalue weighted by Crippen LogP contribution is -2.45. The van der Waals surface area contributed by atoms with Gasteiger partial charge in [-0.1, -0.05) is 36.4 Å². The van der Waals surface area contributed by atoms with Gasteiger partial charge in [0.1, 0.15) is 0 Å². The molecule has 2 aromatic carbocycles. The van der Waals surface area contributed by atoms with Crippen LogP contribution in [0, 0.1) is 0 Å². The molecule has 26 heavy (non-hydrogen) atoms. The van der Waals surface area contributed by atoms with Crippen LogP contribution in [0.2, 0.25) is 0 Å². The van der Waals surface area contributed by atoms with Crippen LogP contribution in [0.4, 0.5) is 4.79 Å². The minimum absolute atomic E-state index is 0.173. The van der Waals surface area contributed by atoms with Gasteiger partial charge >= 0.3 is 12.0 Å². The van der Waals surface area contributed by atoms with Gasteiger partial charge in [0.05, 0.1) is 23.9 Å². The van der Waals surface area contributed by atoms with Gasteiger partial charge in [-0.05, 0) is 30.2 Å². The van der Waals surface area contributed by atoms with Crippen molar-refractivity contribution in [1.82, 2.24) is 10.6 Å². The molecule has 0 unspecified atom stereocenters. The number of benzene rings is 2. The SMILES string of the molecule is CCOC(=O)C1=C(c2ccccc2)NC(=O)N[C@H]1c1ccc(O)c(O)c1. The van der Waals surface area contributed by atoms with Gasteiger partial charge in [0.25, 0.3) is 0 Å². The molecule has 134 valence electrons. The molecule has 0 saturated carbocycles. The van der Waals surface area contributed by atoms with Gasteiger partial charge in [0.2, 0.25) is 0 Å². The van der Waals surface area contributed by atoms with Crippen LogP contribution in [-0.2, 0) is 9.53 Å². The molecule has 7 heteroatoms. The fourth-order valence-corrected chi connectivity index (χ4v) is 2.80. The lowest BCUT2D eigenvalue weighted by molar-refractivity contribution is -0.138. The summed E-state index contributed by atoms with van der Waals surface area (Å²) in [5.41, 5.74) is 1.64. The van der Waals surface area contributed by atoms with Gasteiger partial charge in [-0.25, -0.2) is 9.59 Å². The Bertz CT molecular complexity index is 877. The molecule has 0 bridgehead atoms. The first-order chi connectivity index (χ1) is 12.5. The molecular weight excluding hydrogens is 336 g/mol. The van der Waals surface area contributed by atoms with Crippen LogP contribution < -0.4 is 10.6 Å². The van der Waals surface area contributed by atoms with Crippen molar-refractivity contribution in [2.24, 2.45) is 0 Å². The van der Waals surface area contributed by atoms with Crippen molar-refractivity contribution in [3.8, 4) is 11.5 Å². The smallest absolute Gasteiger partial charge is 0.338 e. The topological polar surface area (TPSA) is 108 Å². The van der Waals surface area contributed by atoms with E-state index in [1.807, 2.05) is 6.07 Å². The molecule has 0 radical (unpaired) electrons. The molecule has 1 atom stereocenters. The number of carbonyl (C=O) groups excluding carboxylic acids is 2. The quantitative estimate of drug-likeness (QED) is 0.498. The summed E-state index contributed by atoms with van der Waals surface area (Å²) in [6, 6.07) is 11.7. The van der Waals surface area contributed by atoms with Crippen LogP contribution in [-0.4, -0.2) is 28.8 Å². The van der Waals surface area contributed by atoms with Crippen LogP contribution in [0.1, 0.15) is 24.1 Å². The highest BCUT2D eigenvalue weighted by Crippen LogP contribution is 2.35. The normalized spacial score (nSPS) is 16.7. The van der Waals surface area contributed by atoms with Gasteiger partial charge in [-0.15, -0.1) is 0 Å². The zero-order valence-corrected chi connectivity index (χ0v) is 14.0. The predicted molar refractivity (Wildman–Crippen MR) is 94.2 cm³/mol. The van der Waals surface area contributed by atoms with E-state index in [9.17, 15) is 19.8 Å². The van der Waals surface area contributed by atoms with Crippen LogP contribution in [0.5, 0.6) is 11.5 Å². The molecule has 2 aromatic rings. The third-order valence-corrected chi connectivity index (χ3v) is 3.96. The molecule has 3 rings (SSSR count). The second-order valence-electron chi connectivity index (χ2n) is 5.65. The third kappa shape index (κ3) is 3.32. The van der Waals surface area contributed by atoms with E-state index >= 15 is 0 Å². The van der Waals surface area contributed by atoms with Crippen molar-refractivity contribution in [2.75, 3.05) is 6.61 Å². The molecule has 0 fully saturated rings. The summed E-state index contributed by atoms with van der Waals surface area (Å²) < 4.78 is 5.17. The maximum atomic E-state index is 12.6. The zero-order valence-electron chi connectivity index (χ0n) is 14.0. The van der Waals surface area contributed by atoms with E-state index < -0.39 is 18.0 Å². The Morgan fingerprint density at radius 1 is 1.12 bits per heavy atom. The van der Waals surface area contributed by atoms with Gasteiger partial charge in [-0.3, -0.25) is 0 Å². The number of rotatable bonds is 4. The van der Waals surface area contributed by atoms with Crippen LogP contribution in [0.15, 0.2) is 54.1 Å². The maximum Gasteiger partial charge on any atom is 0.338 e. The van der Waals surface area contributed by atoms with E-state index in [0.29, 0.717) is 16.8 Å². The van der Waals surface area contributed by atoms with Crippen molar-refractivity contribution in [1.29, 1.82) is 0 Å². The summed E-state index contributed by atoms with van der Waals surface area (Å²) in [6.07, 6.45) is 0. The summed E-state index contributed by atoms with van der Waals surface area (Å²) in [7, 11) is 0. The average molecular weight is 354 g/mol. The molecule has 0 aromatic heterocycles. The first-order valence-electron chi connectivity index (χ1n) is 8.07. The highest BCUT2D eigenvalue weighted by molar-refractivity contribution is 6.04. The third-order valence-electron chi connectivity index (χ3n) is 3.96. The highest BCUT2D eigenvalue weighted by atomic mass is 16.5. The monoisotopic (exact) mass is 354 g/mol. The van der Waals surface area contributed by atoms with Gasteiger partial charge in [0.15, 0.2) is 11.5 Å². The number of urea groups is 1. The predicted octanol–water partition coefficient (Wildman–Crippen LogP) is 2.43. The molecule has 0 aliphatic carbocycles. The Hall–Kier alpha value is -3.48. The molecule has 1 aliphatic heterocycles. The standard InChI is InChI=1S/C19H18N2O5/c1-2-26-18(24)15-16(11-6-4-3-5-7-11)20-19(25)21-17(15)12-8-9-13(22)14(23)10-12/h3-10,17,22-23H,2H2,1H3,(H2,20,21,25)/t17-/m0/s1. The summed E-state index contributed by atoms with van der Waals surface area (Å²) in [6.45, 7) is 1.86. The number of hydrogen-bond acceptors (Lipinski definition) is 5. The first kappa shape index (κ1) is 17.3. The molecular formula is C19H18N2O5. The van der Waals surface area contributed by atoms with Gasteiger partial charge < -0.3 is 25.6 Å². The Labute approximate surface area is 149 Å². The van der Waals surface area contributed by atoms with E-state index in [0.717, 1.165) is 0 Å². The number of phenolic OH excluding ortho intramolecular Hbond substituents is 2. The molecule has 0 spiro atoms. The van der Waals surface area contributed by atoms with Crippen molar-refractivity contribution in [3.63, 3.8) is 0 Å². The second-order valence-corrected chi connectivity index (χ2v) is 5.65. The van der Waals surface area contributed by atoms with Crippen molar-refractivity contribution in [2.45, 2.75) is 13.0 Å². The summed E-state index contributed by atoms with van der Waals surface area (Å²) in [5.74, 6) is -1.23. The Morgan fingerprint density at radius 2 is 1.85 bits per heavy atom. The lowest BCUT2D eigenvalue weighted by atomic mass is 9.92. The first-order valence-corrected chi connectivity index (χ1v) is 8.07. The number of aromatic hydroxyl groups is 2. The maximum absolute atomic E-state index is 12.6. The van der Waals surface area contributed by atoms with Crippen molar-refractivity contribution < 1.29 is 24.5 Å². The minimum Gasteiger partial charge on any atom is -0.504 e. The van der Waals surface area contributed by atoms with Crippen LogP contribution in [0.25, 0.3) is 5.70 Å². The number of hydrogen-bond donors (Lipinski definition) is 4. The van der Waals surface area contributed by atoms with E-state index in [1.165, 1.54) is 18.2 Å². The number of nitrogens with one attached hydrogen (secondary N) is 2. The number of esters is 1.